The van der Waals surface area contributed by atoms with Crippen LogP contribution in [0.4, 0.5) is 6.01 Å². The number of anilines is 1. The molecule has 2 heterocycles. The smallest absolute Gasteiger partial charge is 0.316 e. The Morgan fingerprint density at radius 1 is 1.15 bits per heavy atom. The lowest BCUT2D eigenvalue weighted by atomic mass is 9.93. The summed E-state index contributed by atoms with van der Waals surface area (Å²) in [5.41, 5.74) is 1.89. The molecule has 1 aromatic heterocycles. The first-order chi connectivity index (χ1) is 13.1. The molecule has 1 aliphatic heterocycles. The second kappa shape index (κ2) is 6.36. The minimum atomic E-state index is -0.351. The topological polar surface area (TPSA) is 71.3 Å². The minimum Gasteiger partial charge on any atom is -0.408 e. The first-order valence-electron chi connectivity index (χ1n) is 10.1. The first-order valence-corrected chi connectivity index (χ1v) is 10.1. The predicted octanol–water partition coefficient (Wildman–Crippen LogP) is 3.54. The Morgan fingerprint density at radius 3 is 2.59 bits per heavy atom. The number of rotatable bonds is 5. The molecule has 27 heavy (non-hydrogen) atoms. The molecule has 6 nitrogen and oxygen atoms in total. The molecule has 3 fully saturated rings. The van der Waals surface area contributed by atoms with Crippen LogP contribution in [0, 0.1) is 5.41 Å². The van der Waals surface area contributed by atoms with Crippen LogP contribution in [0.5, 0.6) is 0 Å². The van der Waals surface area contributed by atoms with Crippen molar-refractivity contribution >= 4 is 11.9 Å². The maximum atomic E-state index is 12.7. The van der Waals surface area contributed by atoms with E-state index in [1.54, 1.807) is 0 Å². The van der Waals surface area contributed by atoms with Gasteiger partial charge in [0, 0.05) is 19.0 Å². The summed E-state index contributed by atoms with van der Waals surface area (Å²) >= 11 is 0. The number of carbonyl (C=O) groups is 1. The summed E-state index contributed by atoms with van der Waals surface area (Å²) in [5.74, 6) is 1.54. The summed E-state index contributed by atoms with van der Waals surface area (Å²) in [7, 11) is 0. The van der Waals surface area contributed by atoms with Crippen molar-refractivity contribution in [1.29, 1.82) is 0 Å². The molecule has 2 aromatic rings. The number of hydrogen-bond donors (Lipinski definition) is 1. The number of benzene rings is 1. The lowest BCUT2D eigenvalue weighted by Crippen LogP contribution is -2.45. The van der Waals surface area contributed by atoms with E-state index in [1.807, 2.05) is 17.9 Å². The number of nitrogens with one attached hydrogen (secondary N) is 1. The third-order valence-electron chi connectivity index (χ3n) is 6.58. The molecule has 1 spiro atoms. The average Bonchev–Trinajstić information content (AvgIpc) is 3.61. The molecule has 1 amide bonds. The van der Waals surface area contributed by atoms with Gasteiger partial charge in [0.1, 0.15) is 6.04 Å². The molecule has 2 aliphatic carbocycles. The molecule has 6 heteroatoms. The highest BCUT2D eigenvalue weighted by Gasteiger charge is 2.46. The summed E-state index contributed by atoms with van der Waals surface area (Å²) in [5, 5.41) is 11.4. The van der Waals surface area contributed by atoms with Crippen molar-refractivity contribution in [3.63, 3.8) is 0 Å². The summed E-state index contributed by atoms with van der Waals surface area (Å²) in [6.07, 6.45) is 6.03. The van der Waals surface area contributed by atoms with E-state index in [4.69, 9.17) is 4.42 Å². The van der Waals surface area contributed by atoms with E-state index >= 15 is 0 Å². The average molecular weight is 366 g/mol. The largest absolute Gasteiger partial charge is 0.408 e. The van der Waals surface area contributed by atoms with Crippen molar-refractivity contribution in [1.82, 2.24) is 15.1 Å². The second-order valence-corrected chi connectivity index (χ2v) is 8.50. The van der Waals surface area contributed by atoms with Gasteiger partial charge in [-0.05, 0) is 55.9 Å². The van der Waals surface area contributed by atoms with Crippen LogP contribution in [0.2, 0.25) is 0 Å². The number of piperidine rings is 1. The van der Waals surface area contributed by atoms with E-state index in [-0.39, 0.29) is 11.9 Å². The molecular weight excluding hydrogens is 340 g/mol. The Hall–Kier alpha value is -2.37. The quantitative estimate of drug-likeness (QED) is 0.876. The molecule has 1 N–H and O–H groups in total. The number of likely N-dealkylation sites (tertiary alicyclic amines) is 1. The highest BCUT2D eigenvalue weighted by atomic mass is 16.4. The maximum absolute atomic E-state index is 12.7. The van der Waals surface area contributed by atoms with E-state index in [0.717, 1.165) is 32.4 Å². The van der Waals surface area contributed by atoms with Gasteiger partial charge in [-0.1, -0.05) is 35.4 Å². The van der Waals surface area contributed by atoms with Crippen LogP contribution in [-0.2, 0) is 4.79 Å². The lowest BCUT2D eigenvalue weighted by Gasteiger charge is -2.33. The standard InChI is InChI=1S/C21H26N4O2/c1-14(19(26)25-11-9-21(7-8-21)10-12-25)22-20-24-23-18(27-20)17-13-16(17)15-5-3-2-4-6-15/h2-6,14,16-17H,7-13H2,1H3,(H,22,24)/t14?,16-,17+/m1/s1. The van der Waals surface area contributed by atoms with E-state index < -0.39 is 0 Å². The molecule has 142 valence electrons. The van der Waals surface area contributed by atoms with Gasteiger partial charge in [0.15, 0.2) is 0 Å². The molecule has 3 aliphatic rings. The van der Waals surface area contributed by atoms with Crippen LogP contribution in [-0.4, -0.2) is 40.1 Å². The van der Waals surface area contributed by atoms with Crippen LogP contribution in [0.25, 0.3) is 0 Å². The van der Waals surface area contributed by atoms with Crippen LogP contribution in [0.15, 0.2) is 34.7 Å². The predicted molar refractivity (Wildman–Crippen MR) is 101 cm³/mol. The number of nitrogens with zero attached hydrogens (tertiary/aromatic N) is 3. The van der Waals surface area contributed by atoms with Crippen molar-refractivity contribution < 1.29 is 9.21 Å². The lowest BCUT2D eigenvalue weighted by molar-refractivity contribution is -0.133. The molecule has 1 aromatic carbocycles. The van der Waals surface area contributed by atoms with Gasteiger partial charge < -0.3 is 14.6 Å². The zero-order valence-corrected chi connectivity index (χ0v) is 15.7. The SMILES string of the molecule is CC(Nc1nnc([C@H]2C[C@@H]2c2ccccc2)o1)C(=O)N1CCC2(CC1)CC2. The molecule has 1 saturated heterocycles. The Balaban J connectivity index is 1.17. The van der Waals surface area contributed by atoms with Gasteiger partial charge in [-0.3, -0.25) is 4.79 Å². The summed E-state index contributed by atoms with van der Waals surface area (Å²) in [6.45, 7) is 3.62. The van der Waals surface area contributed by atoms with Gasteiger partial charge in [0.25, 0.3) is 0 Å². The van der Waals surface area contributed by atoms with Gasteiger partial charge in [0.05, 0.1) is 0 Å². The number of hydrogen-bond acceptors (Lipinski definition) is 5. The molecule has 3 atom stereocenters. The van der Waals surface area contributed by atoms with E-state index in [1.165, 1.54) is 18.4 Å². The fourth-order valence-electron chi connectivity index (χ4n) is 4.38. The van der Waals surface area contributed by atoms with Crippen molar-refractivity contribution in [3.8, 4) is 0 Å². The first kappa shape index (κ1) is 16.8. The van der Waals surface area contributed by atoms with Gasteiger partial charge in [0.2, 0.25) is 11.8 Å². The van der Waals surface area contributed by atoms with Crippen molar-refractivity contribution in [2.45, 2.75) is 56.9 Å². The monoisotopic (exact) mass is 366 g/mol. The van der Waals surface area contributed by atoms with E-state index in [0.29, 0.717) is 29.2 Å². The van der Waals surface area contributed by atoms with E-state index in [9.17, 15) is 4.79 Å². The normalized spacial score (nSPS) is 26.6. The number of aromatic nitrogens is 2. The molecule has 1 unspecified atom stereocenters. The fourth-order valence-corrected chi connectivity index (χ4v) is 4.38. The summed E-state index contributed by atoms with van der Waals surface area (Å²) < 4.78 is 5.81. The van der Waals surface area contributed by atoms with Gasteiger partial charge in [-0.15, -0.1) is 5.10 Å². The Morgan fingerprint density at radius 2 is 1.89 bits per heavy atom. The molecule has 0 radical (unpaired) electrons. The fraction of sp³-hybridized carbons (Fsp3) is 0.571. The van der Waals surface area contributed by atoms with Crippen LogP contribution in [0.3, 0.4) is 0 Å². The molecule has 0 bridgehead atoms. The molecular formula is C21H26N4O2. The third kappa shape index (κ3) is 3.33. The maximum Gasteiger partial charge on any atom is 0.316 e. The van der Waals surface area contributed by atoms with Gasteiger partial charge in [-0.25, -0.2) is 0 Å². The summed E-state index contributed by atoms with van der Waals surface area (Å²) in [4.78, 5) is 14.7. The van der Waals surface area contributed by atoms with Gasteiger partial charge in [-0.2, -0.15) is 0 Å². The highest BCUT2D eigenvalue weighted by Crippen LogP contribution is 2.54. The third-order valence-corrected chi connectivity index (χ3v) is 6.58. The highest BCUT2D eigenvalue weighted by molar-refractivity contribution is 5.83. The van der Waals surface area contributed by atoms with Crippen LogP contribution >= 0.6 is 0 Å². The van der Waals surface area contributed by atoms with E-state index in [2.05, 4.69) is 39.8 Å². The van der Waals surface area contributed by atoms with Crippen molar-refractivity contribution in [2.75, 3.05) is 18.4 Å². The van der Waals surface area contributed by atoms with Crippen molar-refractivity contribution in [3.05, 3.63) is 41.8 Å². The second-order valence-electron chi connectivity index (χ2n) is 8.50. The van der Waals surface area contributed by atoms with Gasteiger partial charge >= 0.3 is 6.01 Å². The zero-order valence-electron chi connectivity index (χ0n) is 15.7. The zero-order chi connectivity index (χ0) is 18.4. The van der Waals surface area contributed by atoms with Crippen LogP contribution in [0.1, 0.15) is 62.3 Å². The Bertz CT molecular complexity index is 820. The Kier molecular flexibility index (Phi) is 3.95. The Labute approximate surface area is 159 Å². The molecule has 2 saturated carbocycles. The minimum absolute atomic E-state index is 0.124. The number of amides is 1. The summed E-state index contributed by atoms with van der Waals surface area (Å²) in [6, 6.07) is 10.4. The molecule has 5 rings (SSSR count). The van der Waals surface area contributed by atoms with Crippen LogP contribution < -0.4 is 5.32 Å². The number of carbonyl (C=O) groups excluding carboxylic acids is 1. The van der Waals surface area contributed by atoms with Crippen molar-refractivity contribution in [2.24, 2.45) is 5.41 Å².